The second-order valence-corrected chi connectivity index (χ2v) is 5.12. The van der Waals surface area contributed by atoms with E-state index in [0.29, 0.717) is 12.2 Å². The normalized spacial score (nSPS) is 15.7. The van der Waals surface area contributed by atoms with E-state index in [4.69, 9.17) is 5.84 Å². The largest absolute Gasteiger partial charge is 0.351 e. The molecule has 1 aromatic carbocycles. The highest BCUT2D eigenvalue weighted by Crippen LogP contribution is 2.44. The van der Waals surface area contributed by atoms with Gasteiger partial charge in [-0.2, -0.15) is 0 Å². The number of hydrogen-bond donors (Lipinski definition) is 3. The molecule has 19 heavy (non-hydrogen) atoms. The topological polar surface area (TPSA) is 110 Å². The number of anilines is 1. The zero-order valence-electron chi connectivity index (χ0n) is 10.6. The van der Waals surface area contributed by atoms with Crippen molar-refractivity contribution in [1.29, 1.82) is 0 Å². The number of rotatable bonds is 5. The van der Waals surface area contributed by atoms with E-state index in [1.165, 1.54) is 18.2 Å². The molecule has 1 aliphatic carbocycles. The number of benzene rings is 1. The van der Waals surface area contributed by atoms with E-state index in [0.717, 1.165) is 12.8 Å². The van der Waals surface area contributed by atoms with Crippen molar-refractivity contribution < 1.29 is 9.72 Å². The molecule has 7 heteroatoms. The Balaban J connectivity index is 2.17. The van der Waals surface area contributed by atoms with E-state index < -0.39 is 4.92 Å². The SMILES string of the molecule is CC1(CNC(=O)c2cc([N+](=O)[O-])ccc2NN)CC1. The number of carbonyl (C=O) groups excluding carboxylic acids is 1. The number of nitrogens with two attached hydrogens (primary N) is 1. The van der Waals surface area contributed by atoms with Crippen molar-refractivity contribution in [3.05, 3.63) is 33.9 Å². The molecule has 0 spiro atoms. The second kappa shape index (κ2) is 4.85. The average molecular weight is 264 g/mol. The first-order chi connectivity index (χ1) is 8.95. The predicted molar refractivity (Wildman–Crippen MR) is 70.6 cm³/mol. The summed E-state index contributed by atoms with van der Waals surface area (Å²) in [7, 11) is 0. The number of hydrogen-bond acceptors (Lipinski definition) is 5. The van der Waals surface area contributed by atoms with Crippen LogP contribution < -0.4 is 16.6 Å². The van der Waals surface area contributed by atoms with E-state index in [1.54, 1.807) is 0 Å². The summed E-state index contributed by atoms with van der Waals surface area (Å²) in [5.41, 5.74) is 2.95. The molecular formula is C12H16N4O3. The fraction of sp³-hybridized carbons (Fsp3) is 0.417. The highest BCUT2D eigenvalue weighted by molar-refractivity contribution is 6.00. The number of nitrogen functional groups attached to an aromatic ring is 1. The van der Waals surface area contributed by atoms with Crippen molar-refractivity contribution in [1.82, 2.24) is 5.32 Å². The highest BCUT2D eigenvalue weighted by Gasteiger charge is 2.37. The quantitative estimate of drug-likeness (QED) is 0.423. The van der Waals surface area contributed by atoms with Gasteiger partial charge in [0, 0.05) is 18.7 Å². The highest BCUT2D eigenvalue weighted by atomic mass is 16.6. The Bertz CT molecular complexity index is 526. The van der Waals surface area contributed by atoms with Crippen LogP contribution in [0, 0.1) is 15.5 Å². The third kappa shape index (κ3) is 3.00. The lowest BCUT2D eigenvalue weighted by Crippen LogP contribution is -2.30. The maximum atomic E-state index is 12.0. The predicted octanol–water partition coefficient (Wildman–Crippen LogP) is 1.41. The van der Waals surface area contributed by atoms with Gasteiger partial charge in [-0.25, -0.2) is 0 Å². The summed E-state index contributed by atoms with van der Waals surface area (Å²) >= 11 is 0. The van der Waals surface area contributed by atoms with Crippen LogP contribution in [-0.2, 0) is 0 Å². The lowest BCUT2D eigenvalue weighted by atomic mass is 10.1. The Morgan fingerprint density at radius 1 is 1.53 bits per heavy atom. The molecular weight excluding hydrogens is 248 g/mol. The van der Waals surface area contributed by atoms with Crippen LogP contribution in [0.3, 0.4) is 0 Å². The Labute approximate surface area is 110 Å². The van der Waals surface area contributed by atoms with Gasteiger partial charge in [-0.15, -0.1) is 0 Å². The van der Waals surface area contributed by atoms with Crippen LogP contribution in [0.15, 0.2) is 18.2 Å². The molecule has 1 aliphatic rings. The van der Waals surface area contributed by atoms with Gasteiger partial charge in [-0.3, -0.25) is 20.8 Å². The van der Waals surface area contributed by atoms with E-state index in [1.807, 2.05) is 0 Å². The van der Waals surface area contributed by atoms with Gasteiger partial charge in [0.15, 0.2) is 0 Å². The first-order valence-electron chi connectivity index (χ1n) is 5.98. The molecule has 1 amide bonds. The molecule has 7 nitrogen and oxygen atoms in total. The van der Waals surface area contributed by atoms with E-state index in [2.05, 4.69) is 17.7 Å². The van der Waals surface area contributed by atoms with Crippen molar-refractivity contribution in [2.75, 3.05) is 12.0 Å². The number of nitro benzene ring substituents is 1. The molecule has 102 valence electrons. The number of nitro groups is 1. The van der Waals surface area contributed by atoms with Gasteiger partial charge in [-0.05, 0) is 24.3 Å². The zero-order valence-corrected chi connectivity index (χ0v) is 10.6. The monoisotopic (exact) mass is 264 g/mol. The first kappa shape index (κ1) is 13.3. The van der Waals surface area contributed by atoms with Crippen LogP contribution in [-0.4, -0.2) is 17.4 Å². The number of hydrazine groups is 1. The fourth-order valence-electron chi connectivity index (χ4n) is 1.74. The van der Waals surface area contributed by atoms with Crippen molar-refractivity contribution in [3.8, 4) is 0 Å². The Morgan fingerprint density at radius 3 is 2.74 bits per heavy atom. The van der Waals surface area contributed by atoms with Crippen LogP contribution >= 0.6 is 0 Å². The third-order valence-electron chi connectivity index (χ3n) is 3.39. The molecule has 4 N–H and O–H groups in total. The summed E-state index contributed by atoms with van der Waals surface area (Å²) in [5.74, 6) is 4.95. The van der Waals surface area contributed by atoms with Gasteiger partial charge < -0.3 is 10.7 Å². The van der Waals surface area contributed by atoms with Gasteiger partial charge in [0.1, 0.15) is 0 Å². The maximum absolute atomic E-state index is 12.0. The van der Waals surface area contributed by atoms with Crippen LogP contribution in [0.1, 0.15) is 30.1 Å². The van der Waals surface area contributed by atoms with Gasteiger partial charge >= 0.3 is 0 Å². The van der Waals surface area contributed by atoms with Crippen LogP contribution in [0.25, 0.3) is 0 Å². The first-order valence-corrected chi connectivity index (χ1v) is 5.98. The second-order valence-electron chi connectivity index (χ2n) is 5.12. The summed E-state index contributed by atoms with van der Waals surface area (Å²) in [6, 6.07) is 3.94. The third-order valence-corrected chi connectivity index (χ3v) is 3.39. The molecule has 0 atom stereocenters. The van der Waals surface area contributed by atoms with E-state index in [9.17, 15) is 14.9 Å². The maximum Gasteiger partial charge on any atom is 0.270 e. The molecule has 0 aromatic heterocycles. The van der Waals surface area contributed by atoms with Gasteiger partial charge in [0.25, 0.3) is 11.6 Å². The molecule has 1 saturated carbocycles. The summed E-state index contributed by atoms with van der Waals surface area (Å²) in [5, 5.41) is 13.5. The smallest absolute Gasteiger partial charge is 0.270 e. The summed E-state index contributed by atoms with van der Waals surface area (Å²) < 4.78 is 0. The van der Waals surface area contributed by atoms with Crippen LogP contribution in [0.4, 0.5) is 11.4 Å². The van der Waals surface area contributed by atoms with E-state index >= 15 is 0 Å². The standard InChI is InChI=1S/C12H16N4O3/c1-12(4-5-12)7-14-11(17)9-6-8(16(18)19)2-3-10(9)15-13/h2-3,6,15H,4-5,7,13H2,1H3,(H,14,17). The summed E-state index contributed by atoms with van der Waals surface area (Å²) in [4.78, 5) is 22.2. The number of nitrogens with one attached hydrogen (secondary N) is 2. The average Bonchev–Trinajstić information content (AvgIpc) is 3.13. The molecule has 1 fully saturated rings. The zero-order chi connectivity index (χ0) is 14.0. The summed E-state index contributed by atoms with van der Waals surface area (Å²) in [6.07, 6.45) is 2.18. The lowest BCUT2D eigenvalue weighted by molar-refractivity contribution is -0.384. The van der Waals surface area contributed by atoms with Crippen molar-refractivity contribution in [2.24, 2.45) is 11.3 Å². The molecule has 0 unspecified atom stereocenters. The minimum atomic E-state index is -0.542. The lowest BCUT2D eigenvalue weighted by Gasteiger charge is -2.12. The van der Waals surface area contributed by atoms with E-state index in [-0.39, 0.29) is 22.6 Å². The minimum Gasteiger partial charge on any atom is -0.351 e. The molecule has 1 aromatic rings. The fourth-order valence-corrected chi connectivity index (χ4v) is 1.74. The molecule has 2 rings (SSSR count). The van der Waals surface area contributed by atoms with Crippen molar-refractivity contribution in [2.45, 2.75) is 19.8 Å². The Morgan fingerprint density at radius 2 is 2.21 bits per heavy atom. The summed E-state index contributed by atoms with van der Waals surface area (Å²) in [6.45, 7) is 2.65. The number of nitrogens with zero attached hydrogens (tertiary/aromatic N) is 1. The number of non-ortho nitro benzene ring substituents is 1. The Kier molecular flexibility index (Phi) is 3.39. The molecule has 0 radical (unpaired) electrons. The number of carbonyl (C=O) groups is 1. The van der Waals surface area contributed by atoms with Gasteiger partial charge in [0.05, 0.1) is 16.2 Å². The van der Waals surface area contributed by atoms with Crippen molar-refractivity contribution >= 4 is 17.3 Å². The molecule has 0 bridgehead atoms. The van der Waals surface area contributed by atoms with Gasteiger partial charge in [-0.1, -0.05) is 6.92 Å². The van der Waals surface area contributed by atoms with Crippen LogP contribution in [0.5, 0.6) is 0 Å². The molecule has 0 aliphatic heterocycles. The molecule has 0 saturated heterocycles. The van der Waals surface area contributed by atoms with Gasteiger partial charge in [0.2, 0.25) is 0 Å². The minimum absolute atomic E-state index is 0.137. The number of amides is 1. The van der Waals surface area contributed by atoms with Crippen LogP contribution in [0.2, 0.25) is 0 Å². The van der Waals surface area contributed by atoms with Crippen molar-refractivity contribution in [3.63, 3.8) is 0 Å². The Hall–Kier alpha value is -2.15. The molecule has 0 heterocycles.